The van der Waals surface area contributed by atoms with Crippen LogP contribution >= 0.6 is 0 Å². The van der Waals surface area contributed by atoms with E-state index in [1.807, 2.05) is 30.3 Å². The van der Waals surface area contributed by atoms with E-state index in [-0.39, 0.29) is 17.6 Å². The van der Waals surface area contributed by atoms with E-state index in [0.29, 0.717) is 5.92 Å². The first-order valence-electron chi connectivity index (χ1n) is 6.86. The largest absolute Gasteiger partial charge is 0.488 e. The summed E-state index contributed by atoms with van der Waals surface area (Å²) in [5.74, 6) is 1.44. The molecule has 0 amide bonds. The van der Waals surface area contributed by atoms with Gasteiger partial charge >= 0.3 is 0 Å². The van der Waals surface area contributed by atoms with Crippen molar-refractivity contribution >= 4 is 0 Å². The number of aliphatic hydroxyl groups excluding tert-OH is 1. The smallest absolute Gasteiger partial charge is 0.124 e. The van der Waals surface area contributed by atoms with Crippen molar-refractivity contribution < 1.29 is 9.84 Å². The molecule has 0 saturated heterocycles. The molecule has 1 fully saturated rings. The number of benzene rings is 1. The van der Waals surface area contributed by atoms with E-state index in [1.54, 1.807) is 0 Å². The molecule has 2 heteroatoms. The maximum atomic E-state index is 10.2. The van der Waals surface area contributed by atoms with Crippen LogP contribution in [0.1, 0.15) is 40.0 Å². The molecule has 100 valence electrons. The zero-order valence-electron chi connectivity index (χ0n) is 11.6. The fraction of sp³-hybridized carbons (Fsp3) is 0.625. The Morgan fingerprint density at radius 2 is 1.78 bits per heavy atom. The second kappa shape index (κ2) is 5.31. The van der Waals surface area contributed by atoms with Crippen LogP contribution in [0.3, 0.4) is 0 Å². The minimum Gasteiger partial charge on any atom is -0.488 e. The van der Waals surface area contributed by atoms with Crippen LogP contribution in [-0.4, -0.2) is 17.3 Å². The summed E-state index contributed by atoms with van der Waals surface area (Å²) >= 11 is 0. The molecule has 3 atom stereocenters. The van der Waals surface area contributed by atoms with Gasteiger partial charge in [0, 0.05) is 0 Å². The Labute approximate surface area is 110 Å². The van der Waals surface area contributed by atoms with Crippen LogP contribution in [0.25, 0.3) is 0 Å². The number of aliphatic hydroxyl groups is 1. The predicted molar refractivity (Wildman–Crippen MR) is 73.7 cm³/mol. The van der Waals surface area contributed by atoms with Crippen LogP contribution in [0.2, 0.25) is 0 Å². The fourth-order valence-corrected chi connectivity index (χ4v) is 2.72. The molecule has 2 rings (SSSR count). The van der Waals surface area contributed by atoms with Crippen molar-refractivity contribution in [3.8, 4) is 5.75 Å². The van der Waals surface area contributed by atoms with Gasteiger partial charge in [0.1, 0.15) is 11.9 Å². The summed E-state index contributed by atoms with van der Waals surface area (Å²) in [5, 5.41) is 10.2. The van der Waals surface area contributed by atoms with Crippen LogP contribution in [0, 0.1) is 11.3 Å². The number of hydrogen-bond donors (Lipinski definition) is 1. The average molecular weight is 248 g/mol. The molecule has 2 nitrogen and oxygen atoms in total. The van der Waals surface area contributed by atoms with Gasteiger partial charge in [-0.1, -0.05) is 39.0 Å². The number of ether oxygens (including phenoxy) is 1. The van der Waals surface area contributed by atoms with Gasteiger partial charge in [0.2, 0.25) is 0 Å². The molecule has 1 aromatic carbocycles. The van der Waals surface area contributed by atoms with E-state index < -0.39 is 0 Å². The summed E-state index contributed by atoms with van der Waals surface area (Å²) in [6.45, 7) is 6.76. The Morgan fingerprint density at radius 1 is 1.11 bits per heavy atom. The lowest BCUT2D eigenvalue weighted by atomic mass is 9.71. The zero-order valence-corrected chi connectivity index (χ0v) is 11.6. The third kappa shape index (κ3) is 3.26. The Balaban J connectivity index is 1.94. The Bertz CT molecular complexity index is 366. The molecule has 0 spiro atoms. The molecule has 0 aromatic heterocycles. The predicted octanol–water partition coefficient (Wildman–Crippen LogP) is 3.64. The minimum absolute atomic E-state index is 0.0500. The highest BCUT2D eigenvalue weighted by Crippen LogP contribution is 2.38. The summed E-state index contributed by atoms with van der Waals surface area (Å²) in [6.07, 6.45) is 2.53. The van der Waals surface area contributed by atoms with Crippen molar-refractivity contribution in [1.82, 2.24) is 0 Å². The molecule has 0 bridgehead atoms. The lowest BCUT2D eigenvalue weighted by molar-refractivity contribution is -0.0307. The van der Waals surface area contributed by atoms with Crippen molar-refractivity contribution in [3.05, 3.63) is 30.3 Å². The van der Waals surface area contributed by atoms with Crippen LogP contribution in [-0.2, 0) is 0 Å². The Kier molecular flexibility index (Phi) is 3.96. The van der Waals surface area contributed by atoms with E-state index in [0.717, 1.165) is 25.0 Å². The lowest BCUT2D eigenvalue weighted by Crippen LogP contribution is -2.41. The molecule has 18 heavy (non-hydrogen) atoms. The average Bonchev–Trinajstić information content (AvgIpc) is 2.32. The van der Waals surface area contributed by atoms with Gasteiger partial charge in [-0.25, -0.2) is 0 Å². The highest BCUT2D eigenvalue weighted by molar-refractivity contribution is 5.21. The first-order chi connectivity index (χ1) is 8.47. The molecule has 0 aliphatic heterocycles. The van der Waals surface area contributed by atoms with Crippen LogP contribution < -0.4 is 4.74 Å². The summed E-state index contributed by atoms with van der Waals surface area (Å²) in [5.41, 5.74) is 0.276. The van der Waals surface area contributed by atoms with Gasteiger partial charge in [-0.3, -0.25) is 0 Å². The molecule has 1 saturated carbocycles. The van der Waals surface area contributed by atoms with Crippen molar-refractivity contribution in [2.24, 2.45) is 11.3 Å². The van der Waals surface area contributed by atoms with Crippen molar-refractivity contribution in [2.45, 2.75) is 52.2 Å². The van der Waals surface area contributed by atoms with Crippen molar-refractivity contribution in [1.29, 1.82) is 0 Å². The summed E-state index contributed by atoms with van der Waals surface area (Å²) in [7, 11) is 0. The summed E-state index contributed by atoms with van der Waals surface area (Å²) in [6, 6.07) is 9.79. The quantitative estimate of drug-likeness (QED) is 0.865. The van der Waals surface area contributed by atoms with E-state index in [4.69, 9.17) is 4.74 Å². The third-order valence-corrected chi connectivity index (χ3v) is 4.01. The minimum atomic E-state index is -0.344. The maximum Gasteiger partial charge on any atom is 0.124 e. The first kappa shape index (κ1) is 13.4. The van der Waals surface area contributed by atoms with E-state index in [9.17, 15) is 5.11 Å². The Hall–Kier alpha value is -1.02. The second-order valence-corrected chi connectivity index (χ2v) is 6.41. The highest BCUT2D eigenvalue weighted by atomic mass is 16.5. The van der Waals surface area contributed by atoms with Crippen molar-refractivity contribution in [2.75, 3.05) is 0 Å². The van der Waals surface area contributed by atoms with Gasteiger partial charge in [0.25, 0.3) is 0 Å². The van der Waals surface area contributed by atoms with E-state index >= 15 is 0 Å². The second-order valence-electron chi connectivity index (χ2n) is 6.41. The molecule has 1 aliphatic carbocycles. The van der Waals surface area contributed by atoms with Gasteiger partial charge in [-0.2, -0.15) is 0 Å². The molecule has 0 radical (unpaired) electrons. The SMILES string of the molecule is CC(C)(C)[C@@H]1CC[C@@H](Oc2ccccc2)[C@@H](O)C1. The summed E-state index contributed by atoms with van der Waals surface area (Å²) < 4.78 is 5.88. The van der Waals surface area contributed by atoms with Crippen molar-refractivity contribution in [3.63, 3.8) is 0 Å². The van der Waals surface area contributed by atoms with E-state index in [1.165, 1.54) is 0 Å². The molecule has 0 heterocycles. The van der Waals surface area contributed by atoms with Crippen LogP contribution in [0.4, 0.5) is 0 Å². The lowest BCUT2D eigenvalue weighted by Gasteiger charge is -2.39. The fourth-order valence-electron chi connectivity index (χ4n) is 2.72. The number of para-hydroxylation sites is 1. The molecule has 1 N–H and O–H groups in total. The summed E-state index contributed by atoms with van der Waals surface area (Å²) in [4.78, 5) is 0. The van der Waals surface area contributed by atoms with Gasteiger partial charge in [0.15, 0.2) is 0 Å². The monoisotopic (exact) mass is 248 g/mol. The van der Waals surface area contributed by atoms with Crippen LogP contribution in [0.15, 0.2) is 30.3 Å². The molecular weight excluding hydrogens is 224 g/mol. The van der Waals surface area contributed by atoms with Gasteiger partial charge in [-0.15, -0.1) is 0 Å². The maximum absolute atomic E-state index is 10.2. The van der Waals surface area contributed by atoms with Gasteiger partial charge < -0.3 is 9.84 Å². The van der Waals surface area contributed by atoms with Gasteiger partial charge in [0.05, 0.1) is 6.10 Å². The van der Waals surface area contributed by atoms with Crippen LogP contribution in [0.5, 0.6) is 5.75 Å². The number of hydrogen-bond acceptors (Lipinski definition) is 2. The number of rotatable bonds is 2. The third-order valence-electron chi connectivity index (χ3n) is 4.01. The molecular formula is C16H24O2. The van der Waals surface area contributed by atoms with Gasteiger partial charge in [-0.05, 0) is 42.7 Å². The first-order valence-corrected chi connectivity index (χ1v) is 6.86. The molecule has 0 unspecified atom stereocenters. The highest BCUT2D eigenvalue weighted by Gasteiger charge is 2.35. The normalized spacial score (nSPS) is 29.0. The standard InChI is InChI=1S/C16H24O2/c1-16(2,3)12-9-10-15(14(17)11-12)18-13-7-5-4-6-8-13/h4-8,12,14-15,17H,9-11H2,1-3H3/t12-,14+,15-/m1/s1. The molecule has 1 aromatic rings. The van der Waals surface area contributed by atoms with E-state index in [2.05, 4.69) is 20.8 Å². The zero-order chi connectivity index (χ0) is 13.2. The Morgan fingerprint density at radius 3 is 2.33 bits per heavy atom. The topological polar surface area (TPSA) is 29.5 Å². The molecule has 1 aliphatic rings.